The third-order valence-electron chi connectivity index (χ3n) is 4.86. The highest BCUT2D eigenvalue weighted by Crippen LogP contribution is 2.34. The Hall–Kier alpha value is -3.25. The van der Waals surface area contributed by atoms with Crippen LogP contribution in [0.3, 0.4) is 0 Å². The van der Waals surface area contributed by atoms with Gasteiger partial charge in [0.2, 0.25) is 9.84 Å². The molecule has 0 radical (unpaired) electrons. The van der Waals surface area contributed by atoms with Gasteiger partial charge >= 0.3 is 5.97 Å². The van der Waals surface area contributed by atoms with E-state index in [1.54, 1.807) is 12.1 Å². The Labute approximate surface area is 168 Å². The summed E-state index contributed by atoms with van der Waals surface area (Å²) in [6.07, 6.45) is 1.43. The Morgan fingerprint density at radius 2 is 1.52 bits per heavy atom. The third-order valence-corrected chi connectivity index (χ3v) is 6.71. The number of hydrogen-bond donors (Lipinski definition) is 0. The molecule has 146 valence electrons. The molecule has 0 bridgehead atoms. The molecule has 0 amide bonds. The second-order valence-corrected chi connectivity index (χ2v) is 8.65. The van der Waals surface area contributed by atoms with Crippen LogP contribution in [0.1, 0.15) is 38.3 Å². The van der Waals surface area contributed by atoms with Gasteiger partial charge < -0.3 is 4.74 Å². The van der Waals surface area contributed by atoms with E-state index in [-0.39, 0.29) is 38.9 Å². The Balaban J connectivity index is 1.51. The van der Waals surface area contributed by atoms with Crippen molar-refractivity contribution in [1.29, 1.82) is 0 Å². The van der Waals surface area contributed by atoms with Gasteiger partial charge in [0.15, 0.2) is 5.78 Å². The Morgan fingerprint density at radius 3 is 2.31 bits per heavy atom. The topological polar surface area (TPSA) is 77.5 Å². The quantitative estimate of drug-likeness (QED) is 0.372. The van der Waals surface area contributed by atoms with Crippen LogP contribution in [0.25, 0.3) is 0 Å². The number of sulfone groups is 1. The summed E-state index contributed by atoms with van der Waals surface area (Å²) in [5.74, 6) is -0.976. The van der Waals surface area contributed by atoms with Crippen LogP contribution >= 0.6 is 0 Å². The number of carbonyl (C=O) groups is 2. The van der Waals surface area contributed by atoms with Crippen LogP contribution in [-0.4, -0.2) is 26.8 Å². The molecule has 6 heteroatoms. The lowest BCUT2D eigenvalue weighted by atomic mass is 10.0. The lowest BCUT2D eigenvalue weighted by Crippen LogP contribution is -2.21. The van der Waals surface area contributed by atoms with E-state index in [2.05, 4.69) is 0 Å². The predicted octanol–water partition coefficient (Wildman–Crippen LogP) is 3.85. The zero-order valence-corrected chi connectivity index (χ0v) is 16.3. The van der Waals surface area contributed by atoms with Gasteiger partial charge in [-0.05, 0) is 48.7 Å². The van der Waals surface area contributed by atoms with Crippen molar-refractivity contribution in [3.63, 3.8) is 0 Å². The number of fused-ring (bicyclic) bond motifs is 2. The lowest BCUT2D eigenvalue weighted by Gasteiger charge is -2.19. The minimum atomic E-state index is -3.88. The summed E-state index contributed by atoms with van der Waals surface area (Å²) >= 11 is 0. The Kier molecular flexibility index (Phi) is 5.03. The number of benzene rings is 3. The van der Waals surface area contributed by atoms with Crippen molar-refractivity contribution in [2.75, 3.05) is 6.61 Å². The van der Waals surface area contributed by atoms with Gasteiger partial charge in [0.05, 0.1) is 22.0 Å². The van der Waals surface area contributed by atoms with Gasteiger partial charge in [0.25, 0.3) is 0 Å². The standard InChI is InChI=1S/C23H18O5S/c24-22-18-10-4-5-11-20(18)29(26,27)21-15-17(12-13-19(21)22)23(25)28-14-6-9-16-7-2-1-3-8-16/h1-5,7-8,10-13,15H,6,9,14H2. The summed E-state index contributed by atoms with van der Waals surface area (Å²) in [7, 11) is -3.88. The van der Waals surface area contributed by atoms with Gasteiger partial charge in [0.1, 0.15) is 0 Å². The van der Waals surface area contributed by atoms with E-state index >= 15 is 0 Å². The van der Waals surface area contributed by atoms with Crippen LogP contribution in [0, 0.1) is 0 Å². The van der Waals surface area contributed by atoms with Crippen LogP contribution in [0.5, 0.6) is 0 Å². The van der Waals surface area contributed by atoms with E-state index in [1.807, 2.05) is 30.3 Å². The summed E-state index contributed by atoms with van der Waals surface area (Å²) in [5, 5.41) is 0. The monoisotopic (exact) mass is 406 g/mol. The first-order valence-electron chi connectivity index (χ1n) is 9.22. The normalized spacial score (nSPS) is 14.0. The minimum Gasteiger partial charge on any atom is -0.462 e. The van der Waals surface area contributed by atoms with Crippen molar-refractivity contribution in [3.8, 4) is 0 Å². The highest BCUT2D eigenvalue weighted by Gasteiger charge is 2.35. The van der Waals surface area contributed by atoms with Gasteiger partial charge in [0, 0.05) is 11.1 Å². The first-order chi connectivity index (χ1) is 14.0. The van der Waals surface area contributed by atoms with Crippen LogP contribution < -0.4 is 0 Å². The van der Waals surface area contributed by atoms with E-state index in [1.165, 1.54) is 30.3 Å². The summed E-state index contributed by atoms with van der Waals surface area (Å²) in [6.45, 7) is 0.222. The molecule has 0 spiro atoms. The van der Waals surface area contributed by atoms with E-state index in [0.29, 0.717) is 6.42 Å². The molecule has 3 aromatic rings. The molecule has 3 aromatic carbocycles. The first-order valence-corrected chi connectivity index (χ1v) is 10.7. The molecular formula is C23H18O5S. The maximum Gasteiger partial charge on any atom is 0.338 e. The molecule has 0 N–H and O–H groups in total. The molecule has 0 saturated heterocycles. The molecule has 4 rings (SSSR count). The molecule has 0 unspecified atom stereocenters. The number of esters is 1. The Morgan fingerprint density at radius 1 is 0.828 bits per heavy atom. The molecule has 29 heavy (non-hydrogen) atoms. The molecule has 0 atom stereocenters. The molecule has 0 fully saturated rings. The van der Waals surface area contributed by atoms with Crippen LogP contribution in [0.2, 0.25) is 0 Å². The van der Waals surface area contributed by atoms with Crippen molar-refractivity contribution in [3.05, 3.63) is 95.1 Å². The highest BCUT2D eigenvalue weighted by molar-refractivity contribution is 7.91. The van der Waals surface area contributed by atoms with Crippen molar-refractivity contribution >= 4 is 21.6 Å². The molecule has 5 nitrogen and oxygen atoms in total. The summed E-state index contributed by atoms with van der Waals surface area (Å²) < 4.78 is 31.1. The number of carbonyl (C=O) groups excluding carboxylic acids is 2. The van der Waals surface area contributed by atoms with Crippen LogP contribution in [-0.2, 0) is 21.0 Å². The molecule has 0 aliphatic carbocycles. The average Bonchev–Trinajstić information content (AvgIpc) is 2.75. The summed E-state index contributed by atoms with van der Waals surface area (Å²) in [4.78, 5) is 24.8. The average molecular weight is 406 g/mol. The lowest BCUT2D eigenvalue weighted by molar-refractivity contribution is 0.0500. The maximum absolute atomic E-state index is 12.9. The van der Waals surface area contributed by atoms with Gasteiger partial charge in [-0.3, -0.25) is 4.79 Å². The molecular weight excluding hydrogens is 388 g/mol. The summed E-state index contributed by atoms with van der Waals surface area (Å²) in [6, 6.07) is 20.0. The zero-order chi connectivity index (χ0) is 20.4. The first kappa shape index (κ1) is 19.1. The third kappa shape index (κ3) is 3.59. The number of rotatable bonds is 5. The Bertz CT molecular complexity index is 1200. The molecule has 1 aliphatic rings. The fourth-order valence-electron chi connectivity index (χ4n) is 3.38. The fraction of sp³-hybridized carbons (Fsp3) is 0.130. The molecule has 1 heterocycles. The van der Waals surface area contributed by atoms with Gasteiger partial charge in [-0.2, -0.15) is 0 Å². The van der Waals surface area contributed by atoms with E-state index < -0.39 is 15.8 Å². The SMILES string of the molecule is O=C(OCCCc1ccccc1)c1ccc2c(c1)S(=O)(=O)c1ccccc1C2=O. The predicted molar refractivity (Wildman–Crippen MR) is 107 cm³/mol. The molecule has 0 aromatic heterocycles. The number of ether oxygens (including phenoxy) is 1. The number of ketones is 1. The van der Waals surface area contributed by atoms with Crippen molar-refractivity contribution < 1.29 is 22.7 Å². The second-order valence-electron chi connectivity index (χ2n) is 6.76. The smallest absolute Gasteiger partial charge is 0.338 e. The van der Waals surface area contributed by atoms with E-state index in [9.17, 15) is 18.0 Å². The van der Waals surface area contributed by atoms with Crippen LogP contribution in [0.4, 0.5) is 0 Å². The number of hydrogen-bond acceptors (Lipinski definition) is 5. The minimum absolute atomic E-state index is 0.0362. The van der Waals surface area contributed by atoms with Crippen molar-refractivity contribution in [2.24, 2.45) is 0 Å². The van der Waals surface area contributed by atoms with E-state index in [4.69, 9.17) is 4.74 Å². The van der Waals surface area contributed by atoms with Gasteiger partial charge in [-0.1, -0.05) is 42.5 Å². The largest absolute Gasteiger partial charge is 0.462 e. The fourth-order valence-corrected chi connectivity index (χ4v) is 5.06. The van der Waals surface area contributed by atoms with E-state index in [0.717, 1.165) is 12.0 Å². The number of aryl methyl sites for hydroxylation is 1. The maximum atomic E-state index is 12.9. The van der Waals surface area contributed by atoms with Gasteiger partial charge in [-0.25, -0.2) is 13.2 Å². The zero-order valence-electron chi connectivity index (χ0n) is 15.5. The van der Waals surface area contributed by atoms with Crippen LogP contribution in [0.15, 0.2) is 82.6 Å². The molecule has 0 saturated carbocycles. The molecule has 1 aliphatic heterocycles. The summed E-state index contributed by atoms with van der Waals surface area (Å²) in [5.41, 5.74) is 1.49. The highest BCUT2D eigenvalue weighted by atomic mass is 32.2. The van der Waals surface area contributed by atoms with Gasteiger partial charge in [-0.15, -0.1) is 0 Å². The van der Waals surface area contributed by atoms with Crippen molar-refractivity contribution in [1.82, 2.24) is 0 Å². The second kappa shape index (κ2) is 7.64. The van der Waals surface area contributed by atoms with Crippen molar-refractivity contribution in [2.45, 2.75) is 22.6 Å².